The van der Waals surface area contributed by atoms with Gasteiger partial charge in [0, 0.05) is 37.7 Å². The normalized spacial score (nSPS) is 20.3. The smallest absolute Gasteiger partial charge is 0.251 e. The largest absolute Gasteiger partial charge is 0.376 e. The number of hydrogen-bond acceptors (Lipinski definition) is 6. The molecule has 3 aromatic rings. The molecule has 5 rings (SSSR count). The molecule has 2 fully saturated rings. The molecule has 1 atom stereocenters. The van der Waals surface area contributed by atoms with Crippen LogP contribution in [-0.2, 0) is 14.8 Å². The van der Waals surface area contributed by atoms with Gasteiger partial charge in [-0.15, -0.1) is 11.3 Å². The van der Waals surface area contributed by atoms with Gasteiger partial charge in [0.15, 0.2) is 0 Å². The highest BCUT2D eigenvalue weighted by atomic mass is 32.2. The maximum atomic E-state index is 13.1. The third-order valence-corrected chi connectivity index (χ3v) is 9.49. The SMILES string of the molecule is O=C(NC[C@H]1CCCO1)c1ccc(S(=O)(=O)N2CCC(c3nc4ccccc4s3)CC2)cc1. The number of amides is 1. The van der Waals surface area contributed by atoms with Crippen molar-refractivity contribution in [3.05, 3.63) is 59.1 Å². The summed E-state index contributed by atoms with van der Waals surface area (Å²) in [6.07, 6.45) is 3.54. The van der Waals surface area contributed by atoms with E-state index in [0.29, 0.717) is 25.2 Å². The molecule has 1 N–H and O–H groups in total. The lowest BCUT2D eigenvalue weighted by atomic mass is 9.99. The molecule has 0 unspecified atom stereocenters. The number of hydrogen-bond donors (Lipinski definition) is 1. The summed E-state index contributed by atoms with van der Waals surface area (Å²) in [7, 11) is -3.60. The summed E-state index contributed by atoms with van der Waals surface area (Å²) in [5.41, 5.74) is 1.45. The maximum absolute atomic E-state index is 13.1. The van der Waals surface area contributed by atoms with Crippen LogP contribution in [0.3, 0.4) is 0 Å². The number of para-hydroxylation sites is 1. The molecule has 0 saturated carbocycles. The number of carbonyl (C=O) groups is 1. The Morgan fingerprint density at radius 3 is 2.55 bits per heavy atom. The summed E-state index contributed by atoms with van der Waals surface area (Å²) in [6, 6.07) is 14.3. The number of thiazole rings is 1. The molecule has 9 heteroatoms. The zero-order valence-corrected chi connectivity index (χ0v) is 19.9. The molecule has 2 aliphatic heterocycles. The first-order valence-electron chi connectivity index (χ1n) is 11.4. The van der Waals surface area contributed by atoms with E-state index in [0.717, 1.165) is 42.8 Å². The van der Waals surface area contributed by atoms with Crippen molar-refractivity contribution >= 4 is 37.5 Å². The topological polar surface area (TPSA) is 88.6 Å². The van der Waals surface area contributed by atoms with Crippen molar-refractivity contribution in [2.75, 3.05) is 26.2 Å². The first-order chi connectivity index (χ1) is 16.0. The molecule has 0 radical (unpaired) electrons. The third-order valence-electron chi connectivity index (χ3n) is 6.38. The van der Waals surface area contributed by atoms with E-state index >= 15 is 0 Å². The molecule has 1 aromatic heterocycles. The second-order valence-electron chi connectivity index (χ2n) is 8.57. The Hall–Kier alpha value is -2.33. The zero-order valence-electron chi connectivity index (χ0n) is 18.3. The van der Waals surface area contributed by atoms with Crippen molar-refractivity contribution in [3.8, 4) is 0 Å². The summed E-state index contributed by atoms with van der Waals surface area (Å²) < 4.78 is 34.5. The van der Waals surface area contributed by atoms with Crippen molar-refractivity contribution in [1.29, 1.82) is 0 Å². The average molecular weight is 486 g/mol. The maximum Gasteiger partial charge on any atom is 0.251 e. The zero-order chi connectivity index (χ0) is 22.8. The molecule has 174 valence electrons. The van der Waals surface area contributed by atoms with Crippen LogP contribution in [0.4, 0.5) is 0 Å². The van der Waals surface area contributed by atoms with E-state index in [1.54, 1.807) is 27.8 Å². The van der Waals surface area contributed by atoms with E-state index < -0.39 is 10.0 Å². The van der Waals surface area contributed by atoms with Gasteiger partial charge in [-0.05, 0) is 62.1 Å². The highest BCUT2D eigenvalue weighted by molar-refractivity contribution is 7.89. The first kappa shape index (κ1) is 22.5. The first-order valence-corrected chi connectivity index (χ1v) is 13.6. The molecule has 0 aliphatic carbocycles. The predicted molar refractivity (Wildman–Crippen MR) is 128 cm³/mol. The third kappa shape index (κ3) is 4.82. The van der Waals surface area contributed by atoms with Crippen LogP contribution in [0.2, 0.25) is 0 Å². The van der Waals surface area contributed by atoms with Crippen LogP contribution in [0.1, 0.15) is 47.0 Å². The van der Waals surface area contributed by atoms with Crippen molar-refractivity contribution in [2.24, 2.45) is 0 Å². The quantitative estimate of drug-likeness (QED) is 0.574. The van der Waals surface area contributed by atoms with Crippen LogP contribution >= 0.6 is 11.3 Å². The molecule has 3 heterocycles. The van der Waals surface area contributed by atoms with Crippen LogP contribution in [0, 0.1) is 0 Å². The highest BCUT2D eigenvalue weighted by Crippen LogP contribution is 2.35. The van der Waals surface area contributed by atoms with Gasteiger partial charge in [0.1, 0.15) is 0 Å². The Balaban J connectivity index is 1.20. The lowest BCUT2D eigenvalue weighted by molar-refractivity contribution is 0.0857. The van der Waals surface area contributed by atoms with Gasteiger partial charge in [-0.2, -0.15) is 4.31 Å². The van der Waals surface area contributed by atoms with Crippen LogP contribution in [-0.4, -0.2) is 56.0 Å². The van der Waals surface area contributed by atoms with Gasteiger partial charge in [0.2, 0.25) is 10.0 Å². The van der Waals surface area contributed by atoms with Gasteiger partial charge in [0.05, 0.1) is 26.2 Å². The summed E-state index contributed by atoms with van der Waals surface area (Å²) in [5.74, 6) is 0.0647. The molecular formula is C24H27N3O4S2. The molecule has 33 heavy (non-hydrogen) atoms. The number of fused-ring (bicyclic) bond motifs is 1. The molecule has 0 spiro atoms. The lowest BCUT2D eigenvalue weighted by Crippen LogP contribution is -2.38. The average Bonchev–Trinajstić information content (AvgIpc) is 3.52. The number of benzene rings is 2. The van der Waals surface area contributed by atoms with Crippen molar-refractivity contribution < 1.29 is 17.9 Å². The van der Waals surface area contributed by atoms with Crippen molar-refractivity contribution in [2.45, 2.75) is 42.6 Å². The van der Waals surface area contributed by atoms with Crippen LogP contribution in [0.5, 0.6) is 0 Å². The van der Waals surface area contributed by atoms with Crippen LogP contribution in [0.15, 0.2) is 53.4 Å². The Bertz CT molecular complexity index is 1190. The van der Waals surface area contributed by atoms with Crippen LogP contribution in [0.25, 0.3) is 10.2 Å². The molecular weight excluding hydrogens is 458 g/mol. The van der Waals surface area contributed by atoms with Crippen molar-refractivity contribution in [3.63, 3.8) is 0 Å². The highest BCUT2D eigenvalue weighted by Gasteiger charge is 2.31. The van der Waals surface area contributed by atoms with Gasteiger partial charge in [0.25, 0.3) is 5.91 Å². The Morgan fingerprint density at radius 1 is 1.09 bits per heavy atom. The fraction of sp³-hybridized carbons (Fsp3) is 0.417. The number of ether oxygens (including phenoxy) is 1. The molecule has 7 nitrogen and oxygen atoms in total. The predicted octanol–water partition coefficient (Wildman–Crippen LogP) is 3.77. The van der Waals surface area contributed by atoms with Gasteiger partial charge in [-0.1, -0.05) is 12.1 Å². The number of rotatable bonds is 6. The lowest BCUT2D eigenvalue weighted by Gasteiger charge is -2.30. The minimum atomic E-state index is -3.60. The minimum absolute atomic E-state index is 0.0688. The molecule has 0 bridgehead atoms. The second kappa shape index (κ2) is 9.50. The van der Waals surface area contributed by atoms with Gasteiger partial charge in [-0.25, -0.2) is 13.4 Å². The number of aromatic nitrogens is 1. The van der Waals surface area contributed by atoms with E-state index in [9.17, 15) is 13.2 Å². The second-order valence-corrected chi connectivity index (χ2v) is 11.6. The number of carbonyl (C=O) groups excluding carboxylic acids is 1. The molecule has 2 aromatic carbocycles. The van der Waals surface area contributed by atoms with E-state index in [4.69, 9.17) is 9.72 Å². The number of sulfonamides is 1. The van der Waals surface area contributed by atoms with Crippen LogP contribution < -0.4 is 5.32 Å². The number of nitrogens with one attached hydrogen (secondary N) is 1. The summed E-state index contributed by atoms with van der Waals surface area (Å²) in [6.45, 7) is 2.15. The van der Waals surface area contributed by atoms with E-state index in [1.165, 1.54) is 16.8 Å². The van der Waals surface area contributed by atoms with Gasteiger partial charge >= 0.3 is 0 Å². The van der Waals surface area contributed by atoms with E-state index in [-0.39, 0.29) is 22.8 Å². The Kier molecular flexibility index (Phi) is 6.47. The summed E-state index contributed by atoms with van der Waals surface area (Å²) in [4.78, 5) is 17.3. The van der Waals surface area contributed by atoms with E-state index in [1.807, 2.05) is 18.2 Å². The molecule has 2 saturated heterocycles. The summed E-state index contributed by atoms with van der Waals surface area (Å²) >= 11 is 1.70. The van der Waals surface area contributed by atoms with Gasteiger partial charge < -0.3 is 10.1 Å². The monoisotopic (exact) mass is 485 g/mol. The fourth-order valence-electron chi connectivity index (χ4n) is 4.45. The number of nitrogens with zero attached hydrogens (tertiary/aromatic N) is 2. The Labute approximate surface area is 197 Å². The Morgan fingerprint density at radius 2 is 1.85 bits per heavy atom. The van der Waals surface area contributed by atoms with Gasteiger partial charge in [-0.3, -0.25) is 4.79 Å². The van der Waals surface area contributed by atoms with Crippen molar-refractivity contribution in [1.82, 2.24) is 14.6 Å². The fourth-order valence-corrected chi connectivity index (χ4v) is 7.06. The number of piperidine rings is 1. The molecule has 2 aliphatic rings. The summed E-state index contributed by atoms with van der Waals surface area (Å²) in [5, 5.41) is 3.95. The standard InChI is InChI=1S/C24H27N3O4S2/c28-23(25-16-19-4-3-15-31-19)17-7-9-20(10-8-17)33(29,30)27-13-11-18(12-14-27)24-26-21-5-1-2-6-22(21)32-24/h1-2,5-10,18-19H,3-4,11-16H2,(H,25,28)/t19-/m1/s1. The minimum Gasteiger partial charge on any atom is -0.376 e. The van der Waals surface area contributed by atoms with E-state index in [2.05, 4.69) is 11.4 Å². The molecule has 1 amide bonds.